The molecule has 0 atom stereocenters. The second kappa shape index (κ2) is 4.67. The average molecular weight is 308 g/mol. The molecule has 0 fully saturated rings. The van der Waals surface area contributed by atoms with Crippen LogP contribution in [0.25, 0.3) is 6.08 Å². The Kier molecular flexibility index (Phi) is 3.81. The Balaban J connectivity index is 3.20. The minimum Gasteiger partial charge on any atom is -0.299 e. The minimum atomic E-state index is -0.376. The molecule has 13 heavy (non-hydrogen) atoms. The van der Waals surface area contributed by atoms with Gasteiger partial charge in [-0.15, -0.1) is 0 Å². The van der Waals surface area contributed by atoms with E-state index in [-0.39, 0.29) is 5.82 Å². The summed E-state index contributed by atoms with van der Waals surface area (Å²) in [7, 11) is 0. The smallest absolute Gasteiger partial charge is 0.142 e. The van der Waals surface area contributed by atoms with Crippen LogP contribution in [0.5, 0.6) is 0 Å². The highest BCUT2D eigenvalue weighted by Crippen LogP contribution is 2.25. The Labute approximate surface area is 91.9 Å². The average Bonchev–Trinajstić information content (AvgIpc) is 2.02. The molecule has 0 N–H and O–H groups in total. The van der Waals surface area contributed by atoms with E-state index in [4.69, 9.17) is 0 Å². The van der Waals surface area contributed by atoms with E-state index in [1.807, 2.05) is 0 Å². The molecule has 1 aromatic carbocycles. The normalized spacial score (nSPS) is 10.7. The van der Waals surface area contributed by atoms with Crippen LogP contribution in [0.4, 0.5) is 4.39 Å². The zero-order valence-electron chi connectivity index (χ0n) is 6.43. The predicted octanol–water partition coefficient (Wildman–Crippen LogP) is 3.56. The summed E-state index contributed by atoms with van der Waals surface area (Å²) in [5.41, 5.74) is 0.371. The van der Waals surface area contributed by atoms with Gasteiger partial charge >= 0.3 is 0 Å². The molecule has 0 aromatic heterocycles. The number of hydrogen-bond donors (Lipinski definition) is 0. The maximum Gasteiger partial charge on any atom is 0.142 e. The van der Waals surface area contributed by atoms with Crippen LogP contribution in [0.1, 0.15) is 5.56 Å². The standard InChI is InChI=1S/C9H5Br2FO/c10-6-4-8(11)7(2-1-3-13)9(12)5-6/h1-5H. The minimum absolute atomic E-state index is 0.371. The third kappa shape index (κ3) is 2.74. The van der Waals surface area contributed by atoms with Crippen LogP contribution in [0.2, 0.25) is 0 Å². The van der Waals surface area contributed by atoms with E-state index in [0.717, 1.165) is 0 Å². The number of aldehydes is 1. The van der Waals surface area contributed by atoms with E-state index in [0.29, 0.717) is 20.8 Å². The molecule has 0 amide bonds. The Morgan fingerprint density at radius 2 is 2.00 bits per heavy atom. The van der Waals surface area contributed by atoms with Crippen LogP contribution in [0.3, 0.4) is 0 Å². The number of rotatable bonds is 2. The van der Waals surface area contributed by atoms with Crippen molar-refractivity contribution in [2.24, 2.45) is 0 Å². The number of hydrogen-bond acceptors (Lipinski definition) is 1. The zero-order valence-corrected chi connectivity index (χ0v) is 9.60. The van der Waals surface area contributed by atoms with Crippen LogP contribution in [0, 0.1) is 5.82 Å². The van der Waals surface area contributed by atoms with Gasteiger partial charge in [-0.2, -0.15) is 0 Å². The van der Waals surface area contributed by atoms with Gasteiger partial charge in [0.2, 0.25) is 0 Å². The summed E-state index contributed by atoms with van der Waals surface area (Å²) >= 11 is 6.34. The number of carbonyl (C=O) groups excluding carboxylic acids is 1. The molecule has 1 nitrogen and oxygen atoms in total. The van der Waals surface area contributed by atoms with E-state index in [1.54, 1.807) is 6.07 Å². The van der Waals surface area contributed by atoms with Gasteiger partial charge in [0.1, 0.15) is 12.1 Å². The van der Waals surface area contributed by atoms with Gasteiger partial charge < -0.3 is 0 Å². The molecular weight excluding hydrogens is 303 g/mol. The molecule has 0 heterocycles. The summed E-state index contributed by atoms with van der Waals surface area (Å²) in [6, 6.07) is 3.06. The highest BCUT2D eigenvalue weighted by Gasteiger charge is 2.04. The molecular formula is C9H5Br2FO. The molecule has 0 spiro atoms. The SMILES string of the molecule is O=CC=Cc1c(F)cc(Br)cc1Br. The second-order valence-corrected chi connectivity index (χ2v) is 4.05. The van der Waals surface area contributed by atoms with Gasteiger partial charge in [0.25, 0.3) is 0 Å². The first-order chi connectivity index (χ1) is 6.15. The molecule has 0 aliphatic rings. The highest BCUT2D eigenvalue weighted by molar-refractivity contribution is 9.11. The quantitative estimate of drug-likeness (QED) is 0.603. The van der Waals surface area contributed by atoms with E-state index < -0.39 is 0 Å². The van der Waals surface area contributed by atoms with Crippen molar-refractivity contribution in [2.75, 3.05) is 0 Å². The third-order valence-corrected chi connectivity index (χ3v) is 2.50. The van der Waals surface area contributed by atoms with Gasteiger partial charge in [-0.25, -0.2) is 4.39 Å². The second-order valence-electron chi connectivity index (χ2n) is 2.28. The van der Waals surface area contributed by atoms with Crippen LogP contribution in [-0.4, -0.2) is 6.29 Å². The van der Waals surface area contributed by atoms with Gasteiger partial charge in [-0.05, 0) is 24.3 Å². The largest absolute Gasteiger partial charge is 0.299 e. The van der Waals surface area contributed by atoms with Crippen molar-refractivity contribution >= 4 is 44.2 Å². The Hall–Kier alpha value is -0.480. The van der Waals surface area contributed by atoms with Gasteiger partial charge in [-0.1, -0.05) is 31.9 Å². The number of benzene rings is 1. The van der Waals surface area contributed by atoms with Crippen LogP contribution >= 0.6 is 31.9 Å². The lowest BCUT2D eigenvalue weighted by Gasteiger charge is -2.00. The maximum atomic E-state index is 13.2. The van der Waals surface area contributed by atoms with Crippen molar-refractivity contribution in [3.05, 3.63) is 38.5 Å². The van der Waals surface area contributed by atoms with Crippen LogP contribution in [-0.2, 0) is 4.79 Å². The topological polar surface area (TPSA) is 17.1 Å². The predicted molar refractivity (Wildman–Crippen MR) is 56.9 cm³/mol. The lowest BCUT2D eigenvalue weighted by Crippen LogP contribution is -1.84. The van der Waals surface area contributed by atoms with Gasteiger partial charge in [0.15, 0.2) is 0 Å². The van der Waals surface area contributed by atoms with Crippen molar-refractivity contribution < 1.29 is 9.18 Å². The lowest BCUT2D eigenvalue weighted by atomic mass is 10.2. The molecule has 0 unspecified atom stereocenters. The Morgan fingerprint density at radius 1 is 1.31 bits per heavy atom. The van der Waals surface area contributed by atoms with Crippen molar-refractivity contribution in [2.45, 2.75) is 0 Å². The molecule has 0 radical (unpaired) electrons. The first-order valence-electron chi connectivity index (χ1n) is 3.41. The fourth-order valence-electron chi connectivity index (χ4n) is 0.848. The van der Waals surface area contributed by atoms with E-state index >= 15 is 0 Å². The van der Waals surface area contributed by atoms with Crippen molar-refractivity contribution in [3.8, 4) is 0 Å². The first kappa shape index (κ1) is 10.6. The van der Waals surface area contributed by atoms with Gasteiger partial charge in [0.05, 0.1) is 0 Å². The van der Waals surface area contributed by atoms with Gasteiger partial charge in [0, 0.05) is 14.5 Å². The van der Waals surface area contributed by atoms with E-state index in [9.17, 15) is 9.18 Å². The van der Waals surface area contributed by atoms with E-state index in [2.05, 4.69) is 31.9 Å². The fourth-order valence-corrected chi connectivity index (χ4v) is 2.15. The summed E-state index contributed by atoms with van der Waals surface area (Å²) in [5, 5.41) is 0. The number of halogens is 3. The molecule has 68 valence electrons. The van der Waals surface area contributed by atoms with Crippen molar-refractivity contribution in [3.63, 3.8) is 0 Å². The monoisotopic (exact) mass is 306 g/mol. The summed E-state index contributed by atoms with van der Waals surface area (Å²) in [6.07, 6.45) is 3.27. The fraction of sp³-hybridized carbons (Fsp3) is 0. The Bertz CT molecular complexity index is 338. The lowest BCUT2D eigenvalue weighted by molar-refractivity contribution is -0.104. The van der Waals surface area contributed by atoms with Crippen LogP contribution < -0.4 is 0 Å². The number of carbonyl (C=O) groups is 1. The summed E-state index contributed by atoms with van der Waals surface area (Å²) in [4.78, 5) is 10.0. The molecule has 0 saturated carbocycles. The van der Waals surface area contributed by atoms with Crippen LogP contribution in [0.15, 0.2) is 27.2 Å². The molecule has 4 heteroatoms. The first-order valence-corrected chi connectivity index (χ1v) is 5.00. The molecule has 1 rings (SSSR count). The van der Waals surface area contributed by atoms with Crippen molar-refractivity contribution in [1.29, 1.82) is 0 Å². The highest BCUT2D eigenvalue weighted by atomic mass is 79.9. The zero-order chi connectivity index (χ0) is 9.84. The molecule has 0 aliphatic heterocycles. The summed E-state index contributed by atoms with van der Waals surface area (Å²) < 4.78 is 14.5. The van der Waals surface area contributed by atoms with Gasteiger partial charge in [-0.3, -0.25) is 4.79 Å². The molecule has 0 saturated heterocycles. The number of allylic oxidation sites excluding steroid dienone is 1. The summed E-state index contributed by atoms with van der Waals surface area (Å²) in [5.74, 6) is -0.376. The third-order valence-electron chi connectivity index (χ3n) is 1.39. The summed E-state index contributed by atoms with van der Waals surface area (Å²) in [6.45, 7) is 0. The Morgan fingerprint density at radius 3 is 2.54 bits per heavy atom. The molecule has 0 aliphatic carbocycles. The van der Waals surface area contributed by atoms with E-state index in [1.165, 1.54) is 18.2 Å². The molecule has 0 bridgehead atoms. The maximum absolute atomic E-state index is 13.2. The molecule has 1 aromatic rings. The van der Waals surface area contributed by atoms with Crippen molar-refractivity contribution in [1.82, 2.24) is 0 Å².